The molecule has 0 aromatic heterocycles. The average Bonchev–Trinajstić information content (AvgIpc) is 2.81. The topological polar surface area (TPSA) is 23.1 Å². The average molecular weight is 374 g/mol. The Balaban J connectivity index is 1.88. The van der Waals surface area contributed by atoms with E-state index in [9.17, 15) is 5.21 Å². The van der Waals surface area contributed by atoms with E-state index in [0.717, 1.165) is 27.8 Å². The maximum Gasteiger partial charge on any atom is 0.139 e. The predicted octanol–water partition coefficient (Wildman–Crippen LogP) is 6.23. The van der Waals surface area contributed by atoms with Gasteiger partial charge in [-0.15, -0.1) is 0 Å². The number of nitrogens with zero attached hydrogens (tertiary/aromatic N) is 1. The molecular formula is C27H20NO. The van der Waals surface area contributed by atoms with Crippen molar-refractivity contribution in [2.24, 2.45) is 0 Å². The number of para-hydroxylation sites is 1. The molecule has 0 saturated heterocycles. The molecule has 1 aliphatic rings. The van der Waals surface area contributed by atoms with E-state index in [-0.39, 0.29) is 0 Å². The Morgan fingerprint density at radius 3 is 1.62 bits per heavy atom. The summed E-state index contributed by atoms with van der Waals surface area (Å²) in [5.74, 6) is 0. The fraction of sp³-hybridized carbons (Fsp3) is 0.0370. The smallest absolute Gasteiger partial charge is 0.139 e. The number of anilines is 1. The molecule has 139 valence electrons. The first-order valence-corrected chi connectivity index (χ1v) is 9.77. The zero-order valence-electron chi connectivity index (χ0n) is 15.9. The largest absolute Gasteiger partial charge is 0.201 e. The van der Waals surface area contributed by atoms with Crippen molar-refractivity contribution in [2.75, 3.05) is 5.06 Å². The van der Waals surface area contributed by atoms with Crippen LogP contribution >= 0.6 is 0 Å². The highest BCUT2D eigenvalue weighted by molar-refractivity contribution is 5.91. The van der Waals surface area contributed by atoms with Gasteiger partial charge in [0.1, 0.15) is 5.54 Å². The van der Waals surface area contributed by atoms with E-state index in [4.69, 9.17) is 0 Å². The Morgan fingerprint density at radius 2 is 1.03 bits per heavy atom. The van der Waals surface area contributed by atoms with Gasteiger partial charge in [0.15, 0.2) is 0 Å². The van der Waals surface area contributed by atoms with Gasteiger partial charge in [-0.25, -0.2) is 5.06 Å². The van der Waals surface area contributed by atoms with Gasteiger partial charge in [-0.1, -0.05) is 114 Å². The Bertz CT molecular complexity index is 1110. The molecule has 2 nitrogen and oxygen atoms in total. The van der Waals surface area contributed by atoms with Crippen molar-refractivity contribution < 1.29 is 5.21 Å². The minimum Gasteiger partial charge on any atom is -0.201 e. The standard InChI is InChI=1S/C27H20NO/c29-28-26-19-11-10-18-24(26)25(21-12-4-1-5-13-21)20-27(28,22-14-6-2-7-15-22)23-16-8-3-9-17-23/h1-20H. The number of fused-ring (bicyclic) bond motifs is 1. The van der Waals surface area contributed by atoms with Crippen LogP contribution < -0.4 is 5.06 Å². The van der Waals surface area contributed by atoms with Gasteiger partial charge in [0, 0.05) is 5.56 Å². The summed E-state index contributed by atoms with van der Waals surface area (Å²) in [5.41, 5.74) is 4.76. The molecular weight excluding hydrogens is 354 g/mol. The van der Waals surface area contributed by atoms with Gasteiger partial charge < -0.3 is 0 Å². The van der Waals surface area contributed by atoms with Crippen molar-refractivity contribution in [3.63, 3.8) is 0 Å². The molecule has 1 heterocycles. The van der Waals surface area contributed by atoms with Crippen LogP contribution in [0.2, 0.25) is 0 Å². The van der Waals surface area contributed by atoms with E-state index in [1.807, 2.05) is 103 Å². The summed E-state index contributed by atoms with van der Waals surface area (Å²) in [6.45, 7) is 0. The molecule has 0 spiro atoms. The lowest BCUT2D eigenvalue weighted by Crippen LogP contribution is -2.45. The molecule has 0 aliphatic carbocycles. The van der Waals surface area contributed by atoms with Crippen molar-refractivity contribution in [1.29, 1.82) is 0 Å². The Kier molecular flexibility index (Phi) is 4.27. The minimum absolute atomic E-state index is 0.682. The van der Waals surface area contributed by atoms with Crippen LogP contribution in [0, 0.1) is 0 Å². The Labute approximate surface area is 171 Å². The van der Waals surface area contributed by atoms with Crippen molar-refractivity contribution in [1.82, 2.24) is 0 Å². The molecule has 29 heavy (non-hydrogen) atoms. The SMILES string of the molecule is [O]N1c2ccccc2C(c2ccccc2)=CC1(c1ccccc1)c1ccccc1. The van der Waals surface area contributed by atoms with Crippen LogP contribution in [0.25, 0.3) is 5.57 Å². The maximum absolute atomic E-state index is 14.0. The predicted molar refractivity (Wildman–Crippen MR) is 117 cm³/mol. The molecule has 0 unspecified atom stereocenters. The number of hydrogen-bond donors (Lipinski definition) is 0. The van der Waals surface area contributed by atoms with Gasteiger partial charge in [0.25, 0.3) is 0 Å². The molecule has 5 rings (SSSR count). The summed E-state index contributed by atoms with van der Waals surface area (Å²) in [6, 6.07) is 38.2. The summed E-state index contributed by atoms with van der Waals surface area (Å²) in [5, 5.41) is 15.2. The van der Waals surface area contributed by atoms with Gasteiger partial charge in [0.05, 0.1) is 5.69 Å². The van der Waals surface area contributed by atoms with E-state index in [0.29, 0.717) is 5.69 Å². The van der Waals surface area contributed by atoms with Crippen molar-refractivity contribution in [3.8, 4) is 0 Å². The minimum atomic E-state index is -0.942. The molecule has 1 radical (unpaired) electrons. The summed E-state index contributed by atoms with van der Waals surface area (Å²) in [4.78, 5) is 0. The molecule has 0 bridgehead atoms. The number of rotatable bonds is 3. The van der Waals surface area contributed by atoms with E-state index in [2.05, 4.69) is 18.2 Å². The van der Waals surface area contributed by atoms with Gasteiger partial charge in [-0.3, -0.25) is 0 Å². The number of hydrogen-bond acceptors (Lipinski definition) is 1. The molecule has 4 aromatic carbocycles. The van der Waals surface area contributed by atoms with E-state index < -0.39 is 5.54 Å². The highest BCUT2D eigenvalue weighted by Crippen LogP contribution is 2.48. The van der Waals surface area contributed by atoms with Gasteiger partial charge in [0.2, 0.25) is 0 Å². The Morgan fingerprint density at radius 1 is 0.552 bits per heavy atom. The summed E-state index contributed by atoms with van der Waals surface area (Å²) < 4.78 is 0. The second-order valence-electron chi connectivity index (χ2n) is 7.23. The lowest BCUT2D eigenvalue weighted by molar-refractivity contribution is 0.112. The third-order valence-electron chi connectivity index (χ3n) is 5.60. The molecule has 0 saturated carbocycles. The van der Waals surface area contributed by atoms with Gasteiger partial charge >= 0.3 is 0 Å². The molecule has 4 aromatic rings. The van der Waals surface area contributed by atoms with Crippen LogP contribution in [-0.2, 0) is 10.7 Å². The lowest BCUT2D eigenvalue weighted by atomic mass is 9.76. The normalized spacial score (nSPS) is 14.8. The van der Waals surface area contributed by atoms with Crippen LogP contribution in [-0.4, -0.2) is 0 Å². The number of benzene rings is 4. The van der Waals surface area contributed by atoms with Crippen molar-refractivity contribution in [3.05, 3.63) is 144 Å². The third kappa shape index (κ3) is 2.77. The fourth-order valence-electron chi connectivity index (χ4n) is 4.22. The second-order valence-corrected chi connectivity index (χ2v) is 7.23. The first kappa shape index (κ1) is 17.5. The molecule has 0 amide bonds. The highest BCUT2D eigenvalue weighted by atomic mass is 16.5. The maximum atomic E-state index is 14.0. The van der Waals surface area contributed by atoms with Crippen molar-refractivity contribution >= 4 is 11.3 Å². The van der Waals surface area contributed by atoms with Crippen molar-refractivity contribution in [2.45, 2.75) is 5.54 Å². The second kappa shape index (κ2) is 7.08. The fourth-order valence-corrected chi connectivity index (χ4v) is 4.22. The third-order valence-corrected chi connectivity index (χ3v) is 5.60. The van der Waals surface area contributed by atoms with Gasteiger partial charge in [-0.05, 0) is 34.4 Å². The summed E-state index contributed by atoms with van der Waals surface area (Å²) in [7, 11) is 0. The molecule has 0 fully saturated rings. The number of hydroxylamine groups is 1. The zero-order chi connectivity index (χ0) is 19.7. The first-order chi connectivity index (χ1) is 14.3. The van der Waals surface area contributed by atoms with E-state index in [1.54, 1.807) is 0 Å². The molecule has 2 heteroatoms. The van der Waals surface area contributed by atoms with Crippen LogP contribution in [0.3, 0.4) is 0 Å². The van der Waals surface area contributed by atoms with Crippen LogP contribution in [0.4, 0.5) is 5.69 Å². The van der Waals surface area contributed by atoms with Gasteiger partial charge in [-0.2, -0.15) is 0 Å². The first-order valence-electron chi connectivity index (χ1n) is 9.77. The van der Waals surface area contributed by atoms with Crippen LogP contribution in [0.15, 0.2) is 121 Å². The molecule has 0 atom stereocenters. The lowest BCUT2D eigenvalue weighted by Gasteiger charge is -2.43. The summed E-state index contributed by atoms with van der Waals surface area (Å²) >= 11 is 0. The van der Waals surface area contributed by atoms with E-state index in [1.165, 1.54) is 5.06 Å². The highest BCUT2D eigenvalue weighted by Gasteiger charge is 2.44. The van der Waals surface area contributed by atoms with Crippen LogP contribution in [0.5, 0.6) is 0 Å². The quantitative estimate of drug-likeness (QED) is 0.417. The molecule has 1 aliphatic heterocycles. The zero-order valence-corrected chi connectivity index (χ0v) is 15.9. The monoisotopic (exact) mass is 374 g/mol. The van der Waals surface area contributed by atoms with Crippen LogP contribution in [0.1, 0.15) is 22.3 Å². The molecule has 0 N–H and O–H groups in total. The summed E-state index contributed by atoms with van der Waals surface area (Å²) in [6.07, 6.45) is 2.13. The van der Waals surface area contributed by atoms with E-state index >= 15 is 0 Å². The Hall–Kier alpha value is -3.62.